The molecule has 3 aromatic carbocycles. The Labute approximate surface area is 163 Å². The van der Waals surface area contributed by atoms with Gasteiger partial charge in [0, 0.05) is 11.3 Å². The Kier molecular flexibility index (Phi) is 4.97. The molecule has 0 saturated heterocycles. The number of benzene rings is 3. The predicted molar refractivity (Wildman–Crippen MR) is 108 cm³/mol. The number of anilines is 1. The van der Waals surface area contributed by atoms with Crippen LogP contribution < -0.4 is 5.32 Å². The smallest absolute Gasteiger partial charge is 0.257 e. The van der Waals surface area contributed by atoms with E-state index in [2.05, 4.69) is 15.5 Å². The zero-order chi connectivity index (χ0) is 19.3. The zero-order valence-corrected chi connectivity index (χ0v) is 15.4. The lowest BCUT2D eigenvalue weighted by atomic mass is 9.90. The molecule has 0 atom stereocenters. The highest BCUT2D eigenvalue weighted by molar-refractivity contribution is 5.98. The fraction of sp³-hybridized carbons (Fsp3) is 0.0870. The molecule has 138 valence electrons. The molecular weight excluding hydrogens is 350 g/mol. The Morgan fingerprint density at radius 1 is 0.893 bits per heavy atom. The van der Waals surface area contributed by atoms with Gasteiger partial charge in [-0.2, -0.15) is 4.98 Å². The second kappa shape index (κ2) is 7.88. The van der Waals surface area contributed by atoms with Gasteiger partial charge in [0.1, 0.15) is 0 Å². The van der Waals surface area contributed by atoms with Crippen LogP contribution in [-0.2, 0) is 4.79 Å². The molecule has 0 aliphatic heterocycles. The summed E-state index contributed by atoms with van der Waals surface area (Å²) in [6, 6.07) is 26.9. The Bertz CT molecular complexity index is 1040. The number of nitrogens with one attached hydrogen (secondary N) is 1. The highest BCUT2D eigenvalue weighted by atomic mass is 16.5. The first kappa shape index (κ1) is 17.7. The number of hydrogen-bond donors (Lipinski definition) is 1. The molecule has 0 radical (unpaired) electrons. The Balaban J connectivity index is 1.64. The van der Waals surface area contributed by atoms with Crippen molar-refractivity contribution in [3.63, 3.8) is 0 Å². The third kappa shape index (κ3) is 3.83. The van der Waals surface area contributed by atoms with Crippen molar-refractivity contribution in [2.45, 2.75) is 12.8 Å². The standard InChI is InChI=1S/C23H19N3O2/c1-16-24-23(28-26-16)19-13-8-14-20(15-19)25-22(27)21(17-9-4-2-5-10-17)18-11-6-3-7-12-18/h2-15,21H,1H3,(H,25,27). The molecule has 1 amide bonds. The van der Waals surface area contributed by atoms with E-state index in [0.717, 1.165) is 16.7 Å². The average Bonchev–Trinajstić information content (AvgIpc) is 3.16. The number of carbonyl (C=O) groups is 1. The van der Waals surface area contributed by atoms with Crippen LogP contribution in [0.4, 0.5) is 5.69 Å². The van der Waals surface area contributed by atoms with Crippen molar-refractivity contribution >= 4 is 11.6 Å². The highest BCUT2D eigenvalue weighted by Gasteiger charge is 2.22. The van der Waals surface area contributed by atoms with Gasteiger partial charge in [-0.3, -0.25) is 4.79 Å². The molecule has 0 unspecified atom stereocenters. The maximum Gasteiger partial charge on any atom is 0.257 e. The normalized spacial score (nSPS) is 10.8. The lowest BCUT2D eigenvalue weighted by Gasteiger charge is -2.18. The lowest BCUT2D eigenvalue weighted by molar-refractivity contribution is -0.116. The molecule has 1 N–H and O–H groups in total. The summed E-state index contributed by atoms with van der Waals surface area (Å²) in [6.07, 6.45) is 0. The van der Waals surface area contributed by atoms with Gasteiger partial charge in [0.15, 0.2) is 5.82 Å². The van der Waals surface area contributed by atoms with E-state index in [-0.39, 0.29) is 5.91 Å². The van der Waals surface area contributed by atoms with Gasteiger partial charge in [-0.1, -0.05) is 71.9 Å². The van der Waals surface area contributed by atoms with Gasteiger partial charge in [-0.05, 0) is 36.2 Å². The van der Waals surface area contributed by atoms with E-state index in [1.807, 2.05) is 84.9 Å². The number of aromatic nitrogens is 2. The van der Waals surface area contributed by atoms with Crippen molar-refractivity contribution in [1.82, 2.24) is 10.1 Å². The number of aryl methyl sites for hydroxylation is 1. The summed E-state index contributed by atoms with van der Waals surface area (Å²) in [7, 11) is 0. The maximum absolute atomic E-state index is 13.2. The van der Waals surface area contributed by atoms with Gasteiger partial charge < -0.3 is 9.84 Å². The molecular formula is C23H19N3O2. The van der Waals surface area contributed by atoms with E-state index in [1.165, 1.54) is 0 Å². The minimum absolute atomic E-state index is 0.101. The molecule has 0 bridgehead atoms. The number of carbonyl (C=O) groups excluding carboxylic acids is 1. The van der Waals surface area contributed by atoms with E-state index >= 15 is 0 Å². The molecule has 1 aromatic heterocycles. The SMILES string of the molecule is Cc1noc(-c2cccc(NC(=O)C(c3ccccc3)c3ccccc3)c2)n1. The molecule has 0 aliphatic carbocycles. The van der Waals surface area contributed by atoms with Crippen LogP contribution in [0.15, 0.2) is 89.5 Å². The number of hydrogen-bond acceptors (Lipinski definition) is 4. The lowest BCUT2D eigenvalue weighted by Crippen LogP contribution is -2.22. The topological polar surface area (TPSA) is 68.0 Å². The van der Waals surface area contributed by atoms with Crippen molar-refractivity contribution in [3.8, 4) is 11.5 Å². The largest absolute Gasteiger partial charge is 0.334 e. The molecule has 28 heavy (non-hydrogen) atoms. The highest BCUT2D eigenvalue weighted by Crippen LogP contribution is 2.27. The summed E-state index contributed by atoms with van der Waals surface area (Å²) in [6.45, 7) is 1.77. The molecule has 1 heterocycles. The van der Waals surface area contributed by atoms with Crippen LogP contribution in [0.5, 0.6) is 0 Å². The Hall–Kier alpha value is -3.73. The van der Waals surface area contributed by atoms with Gasteiger partial charge in [0.05, 0.1) is 5.92 Å². The van der Waals surface area contributed by atoms with Gasteiger partial charge in [-0.15, -0.1) is 0 Å². The fourth-order valence-corrected chi connectivity index (χ4v) is 3.14. The third-order valence-corrected chi connectivity index (χ3v) is 4.43. The minimum Gasteiger partial charge on any atom is -0.334 e. The average molecular weight is 369 g/mol. The maximum atomic E-state index is 13.2. The molecule has 5 nitrogen and oxygen atoms in total. The van der Waals surface area contributed by atoms with Crippen LogP contribution in [0.3, 0.4) is 0 Å². The van der Waals surface area contributed by atoms with Crippen LogP contribution in [0.2, 0.25) is 0 Å². The van der Waals surface area contributed by atoms with E-state index in [9.17, 15) is 4.79 Å². The first-order valence-corrected chi connectivity index (χ1v) is 9.02. The molecule has 4 aromatic rings. The van der Waals surface area contributed by atoms with E-state index < -0.39 is 5.92 Å². The first-order chi connectivity index (χ1) is 13.7. The summed E-state index contributed by atoms with van der Waals surface area (Å²) in [5, 5.41) is 6.84. The van der Waals surface area contributed by atoms with Gasteiger partial charge in [-0.25, -0.2) is 0 Å². The molecule has 0 aliphatic rings. The number of nitrogens with zero attached hydrogens (tertiary/aromatic N) is 2. The van der Waals surface area contributed by atoms with Crippen molar-refractivity contribution in [2.75, 3.05) is 5.32 Å². The van der Waals surface area contributed by atoms with Gasteiger partial charge in [0.2, 0.25) is 5.91 Å². The van der Waals surface area contributed by atoms with Crippen molar-refractivity contribution in [1.29, 1.82) is 0 Å². The van der Waals surface area contributed by atoms with Crippen molar-refractivity contribution in [2.24, 2.45) is 0 Å². The van der Waals surface area contributed by atoms with Gasteiger partial charge >= 0.3 is 0 Å². The van der Waals surface area contributed by atoms with Crippen LogP contribution in [0.1, 0.15) is 22.9 Å². The predicted octanol–water partition coefficient (Wildman–Crippen LogP) is 4.82. The summed E-state index contributed by atoms with van der Waals surface area (Å²) >= 11 is 0. The fourth-order valence-electron chi connectivity index (χ4n) is 3.14. The monoisotopic (exact) mass is 369 g/mol. The van der Waals surface area contributed by atoms with Crippen molar-refractivity contribution in [3.05, 3.63) is 102 Å². The zero-order valence-electron chi connectivity index (χ0n) is 15.4. The van der Waals surface area contributed by atoms with Crippen molar-refractivity contribution < 1.29 is 9.32 Å². The first-order valence-electron chi connectivity index (χ1n) is 9.02. The molecule has 0 fully saturated rings. The molecule has 4 rings (SSSR count). The summed E-state index contributed by atoms with van der Waals surface area (Å²) < 4.78 is 5.22. The quantitative estimate of drug-likeness (QED) is 0.548. The molecule has 5 heteroatoms. The second-order valence-corrected chi connectivity index (χ2v) is 6.47. The van der Waals surface area contributed by atoms with Crippen LogP contribution in [-0.4, -0.2) is 16.0 Å². The van der Waals surface area contributed by atoms with Crippen LogP contribution in [0.25, 0.3) is 11.5 Å². The minimum atomic E-state index is -0.406. The third-order valence-electron chi connectivity index (χ3n) is 4.43. The van der Waals surface area contributed by atoms with E-state index in [0.29, 0.717) is 17.4 Å². The van der Waals surface area contributed by atoms with Crippen LogP contribution in [0, 0.1) is 6.92 Å². The van der Waals surface area contributed by atoms with Crippen LogP contribution >= 0.6 is 0 Å². The summed E-state index contributed by atoms with van der Waals surface area (Å²) in [4.78, 5) is 17.4. The van der Waals surface area contributed by atoms with Gasteiger partial charge in [0.25, 0.3) is 5.89 Å². The molecule has 0 spiro atoms. The Morgan fingerprint density at radius 2 is 1.54 bits per heavy atom. The molecule has 0 saturated carbocycles. The van der Waals surface area contributed by atoms with E-state index in [4.69, 9.17) is 4.52 Å². The second-order valence-electron chi connectivity index (χ2n) is 6.47. The number of rotatable bonds is 5. The Morgan fingerprint density at radius 3 is 2.11 bits per heavy atom. The van der Waals surface area contributed by atoms with E-state index in [1.54, 1.807) is 6.92 Å². The number of amides is 1. The summed E-state index contributed by atoms with van der Waals surface area (Å²) in [5.41, 5.74) is 3.31. The summed E-state index contributed by atoms with van der Waals surface area (Å²) in [5.74, 6) is 0.488.